The maximum atomic E-state index is 13.7. The second-order valence-corrected chi connectivity index (χ2v) is 8.69. The monoisotopic (exact) mass is 546 g/mol. The number of fused-ring (bicyclic) bond motifs is 2. The van der Waals surface area contributed by atoms with Crippen molar-refractivity contribution in [3.05, 3.63) is 77.1 Å². The quantitative estimate of drug-likeness (QED) is 0.220. The third-order valence-corrected chi connectivity index (χ3v) is 6.25. The summed E-state index contributed by atoms with van der Waals surface area (Å²) in [6.45, 7) is 0.219. The Kier molecular flexibility index (Phi) is 6.94. The van der Waals surface area contributed by atoms with Crippen LogP contribution >= 0.6 is 0 Å². The van der Waals surface area contributed by atoms with Crippen LogP contribution in [-0.2, 0) is 29.1 Å². The molecule has 3 aromatic carbocycles. The number of alkyl halides is 3. The molecule has 204 valence electrons. The molecule has 0 saturated carbocycles. The van der Waals surface area contributed by atoms with Crippen LogP contribution in [0, 0.1) is 5.82 Å². The molecule has 1 aliphatic rings. The number of nitrogens with zero attached hydrogens (tertiary/aromatic N) is 2. The number of halogens is 4. The number of hydrogen-bond donors (Lipinski definition) is 0. The minimum absolute atomic E-state index is 0.0163. The summed E-state index contributed by atoms with van der Waals surface area (Å²) in [7, 11) is 2.74. The van der Waals surface area contributed by atoms with Crippen molar-refractivity contribution in [3.8, 4) is 17.2 Å². The molecular formula is C27H22F4N2O6. The van der Waals surface area contributed by atoms with Gasteiger partial charge >= 0.3 is 12.3 Å². The third-order valence-electron chi connectivity index (χ3n) is 6.25. The van der Waals surface area contributed by atoms with E-state index >= 15 is 0 Å². The normalized spacial score (nSPS) is 15.1. The number of oxazole rings is 1. The highest BCUT2D eigenvalue weighted by molar-refractivity contribution is 5.82. The zero-order chi connectivity index (χ0) is 27.7. The van der Waals surface area contributed by atoms with Gasteiger partial charge in [-0.2, -0.15) is 4.98 Å². The molecule has 0 N–H and O–H groups in total. The number of methoxy groups -OCH3 is 2. The second-order valence-electron chi connectivity index (χ2n) is 8.69. The van der Waals surface area contributed by atoms with Crippen molar-refractivity contribution in [2.75, 3.05) is 19.1 Å². The lowest BCUT2D eigenvalue weighted by atomic mass is 9.92. The summed E-state index contributed by atoms with van der Waals surface area (Å²) in [6, 6.07) is 12.1. The Hall–Kier alpha value is -4.48. The van der Waals surface area contributed by atoms with Gasteiger partial charge in [-0.1, -0.05) is 18.2 Å². The maximum Gasteiger partial charge on any atom is 0.573 e. The van der Waals surface area contributed by atoms with Gasteiger partial charge in [0.2, 0.25) is 0 Å². The summed E-state index contributed by atoms with van der Waals surface area (Å²) in [5, 5.41) is 0. The highest BCUT2D eigenvalue weighted by Crippen LogP contribution is 2.40. The molecule has 1 aliphatic heterocycles. The highest BCUT2D eigenvalue weighted by Gasteiger charge is 2.37. The first-order valence-corrected chi connectivity index (χ1v) is 11.7. The predicted molar refractivity (Wildman–Crippen MR) is 130 cm³/mol. The number of ether oxygens (including phenoxy) is 4. The molecule has 0 saturated heterocycles. The number of aromatic nitrogens is 1. The van der Waals surface area contributed by atoms with Gasteiger partial charge in [0, 0.05) is 24.6 Å². The zero-order valence-corrected chi connectivity index (χ0v) is 20.8. The summed E-state index contributed by atoms with van der Waals surface area (Å²) in [6.07, 6.45) is -4.63. The number of esters is 1. The molecule has 39 heavy (non-hydrogen) atoms. The molecule has 1 aromatic heterocycles. The van der Waals surface area contributed by atoms with Crippen molar-refractivity contribution < 1.29 is 45.7 Å². The van der Waals surface area contributed by atoms with Crippen molar-refractivity contribution in [3.63, 3.8) is 0 Å². The number of carbonyl (C=O) groups excluding carboxylic acids is 1. The molecule has 0 aliphatic carbocycles. The minimum atomic E-state index is -4.79. The number of anilines is 1. The fourth-order valence-electron chi connectivity index (χ4n) is 4.43. The minimum Gasteiger partial charge on any atom is -0.493 e. The van der Waals surface area contributed by atoms with Crippen molar-refractivity contribution in [1.82, 2.24) is 4.98 Å². The van der Waals surface area contributed by atoms with Crippen LogP contribution in [0.3, 0.4) is 0 Å². The Labute approximate surface area is 219 Å². The van der Waals surface area contributed by atoms with Crippen LogP contribution in [0.1, 0.15) is 16.7 Å². The number of rotatable bonds is 7. The molecule has 0 fully saturated rings. The average molecular weight is 546 g/mol. The Bertz CT molecular complexity index is 1500. The Morgan fingerprint density at radius 1 is 1.10 bits per heavy atom. The van der Waals surface area contributed by atoms with Crippen LogP contribution in [0.15, 0.2) is 59.0 Å². The lowest BCUT2D eigenvalue weighted by molar-refractivity contribution is -0.274. The predicted octanol–water partition coefficient (Wildman–Crippen LogP) is 5.56. The third kappa shape index (κ3) is 5.54. The van der Waals surface area contributed by atoms with Crippen molar-refractivity contribution in [2.45, 2.75) is 32.0 Å². The van der Waals surface area contributed by atoms with Gasteiger partial charge in [0.25, 0.3) is 6.01 Å². The molecule has 0 spiro atoms. The Morgan fingerprint density at radius 3 is 2.56 bits per heavy atom. The molecule has 4 aromatic rings. The lowest BCUT2D eigenvalue weighted by Gasteiger charge is -2.35. The first-order valence-electron chi connectivity index (χ1n) is 11.7. The maximum absolute atomic E-state index is 13.7. The summed E-state index contributed by atoms with van der Waals surface area (Å²) < 4.78 is 77.3. The van der Waals surface area contributed by atoms with E-state index in [0.717, 1.165) is 5.56 Å². The van der Waals surface area contributed by atoms with E-state index in [1.165, 1.54) is 56.7 Å². The average Bonchev–Trinajstić information content (AvgIpc) is 3.33. The van der Waals surface area contributed by atoms with E-state index in [2.05, 4.69) is 9.72 Å². The van der Waals surface area contributed by atoms with Crippen LogP contribution < -0.4 is 19.1 Å². The molecule has 0 amide bonds. The van der Waals surface area contributed by atoms with Crippen molar-refractivity contribution in [2.24, 2.45) is 0 Å². The smallest absolute Gasteiger partial charge is 0.493 e. The van der Waals surface area contributed by atoms with Crippen LogP contribution in [0.5, 0.6) is 17.2 Å². The SMILES string of the molecule is COC(=O)C1Cc2c(ccc(OC)c2OCc2ccc(OC(F)(F)F)cc2)CN1c1nc2ccc(F)cc2o1. The molecule has 8 nitrogen and oxygen atoms in total. The lowest BCUT2D eigenvalue weighted by Crippen LogP contribution is -2.46. The van der Waals surface area contributed by atoms with Gasteiger partial charge < -0.3 is 28.3 Å². The number of benzene rings is 3. The van der Waals surface area contributed by atoms with E-state index in [4.69, 9.17) is 18.6 Å². The topological polar surface area (TPSA) is 83.3 Å². The summed E-state index contributed by atoms with van der Waals surface area (Å²) in [5.41, 5.74) is 2.76. The van der Waals surface area contributed by atoms with Crippen LogP contribution in [-0.4, -0.2) is 37.6 Å². The van der Waals surface area contributed by atoms with Gasteiger partial charge in [0.1, 0.15) is 29.7 Å². The van der Waals surface area contributed by atoms with Crippen LogP contribution in [0.2, 0.25) is 0 Å². The van der Waals surface area contributed by atoms with Gasteiger partial charge in [0.15, 0.2) is 17.1 Å². The molecular weight excluding hydrogens is 524 g/mol. The fourth-order valence-corrected chi connectivity index (χ4v) is 4.43. The first-order chi connectivity index (χ1) is 18.6. The molecule has 5 rings (SSSR count). The van der Waals surface area contributed by atoms with E-state index in [0.29, 0.717) is 28.1 Å². The van der Waals surface area contributed by atoms with Crippen molar-refractivity contribution in [1.29, 1.82) is 0 Å². The Balaban J connectivity index is 1.44. The number of hydrogen-bond acceptors (Lipinski definition) is 8. The van der Waals surface area contributed by atoms with E-state index in [1.54, 1.807) is 11.0 Å². The van der Waals surface area contributed by atoms with Gasteiger partial charge in [-0.3, -0.25) is 0 Å². The fraction of sp³-hybridized carbons (Fsp3) is 0.259. The van der Waals surface area contributed by atoms with Gasteiger partial charge in [0.05, 0.1) is 14.2 Å². The summed E-state index contributed by atoms with van der Waals surface area (Å²) in [5.74, 6) is -0.555. The summed E-state index contributed by atoms with van der Waals surface area (Å²) in [4.78, 5) is 18.9. The van der Waals surface area contributed by atoms with Crippen LogP contribution in [0.25, 0.3) is 11.1 Å². The van der Waals surface area contributed by atoms with Crippen molar-refractivity contribution >= 4 is 23.1 Å². The highest BCUT2D eigenvalue weighted by atomic mass is 19.4. The van der Waals surface area contributed by atoms with Gasteiger partial charge in [-0.05, 0) is 41.5 Å². The molecule has 12 heteroatoms. The van der Waals surface area contributed by atoms with E-state index < -0.39 is 24.2 Å². The number of carbonyl (C=O) groups is 1. The standard InChI is InChI=1S/C27H22F4N2O6/c1-35-22-10-5-16-13-33(26-32-20-9-6-17(28)11-23(20)38-26)21(25(34)36-2)12-19(16)24(22)37-14-15-3-7-18(8-4-15)39-27(29,30)31/h3-11,21H,12-14H2,1-2H3. The van der Waals surface area contributed by atoms with E-state index in [9.17, 15) is 22.4 Å². The van der Waals surface area contributed by atoms with E-state index in [-0.39, 0.29) is 36.9 Å². The zero-order valence-electron chi connectivity index (χ0n) is 20.8. The molecule has 2 heterocycles. The largest absolute Gasteiger partial charge is 0.573 e. The van der Waals surface area contributed by atoms with Crippen LogP contribution in [0.4, 0.5) is 23.6 Å². The molecule has 0 bridgehead atoms. The first kappa shape index (κ1) is 26.1. The molecule has 0 radical (unpaired) electrons. The van der Waals surface area contributed by atoms with Gasteiger partial charge in [-0.15, -0.1) is 13.2 Å². The molecule has 1 unspecified atom stereocenters. The molecule has 1 atom stereocenters. The van der Waals surface area contributed by atoms with E-state index in [1.807, 2.05) is 6.07 Å². The van der Waals surface area contributed by atoms with Gasteiger partial charge in [-0.25, -0.2) is 9.18 Å². The second kappa shape index (κ2) is 10.4. The summed E-state index contributed by atoms with van der Waals surface area (Å²) >= 11 is 0. The Morgan fingerprint density at radius 2 is 1.87 bits per heavy atom.